The van der Waals surface area contributed by atoms with Gasteiger partial charge in [-0.05, 0) is 18.4 Å². The molecule has 1 atom stereocenters. The molecule has 4 nitrogen and oxygen atoms in total. The molecule has 0 saturated carbocycles. The molecule has 5 heteroatoms. The molecule has 0 aliphatic carbocycles. The van der Waals surface area contributed by atoms with Crippen molar-refractivity contribution in [3.63, 3.8) is 0 Å². The van der Waals surface area contributed by atoms with E-state index in [0.717, 1.165) is 24.1 Å². The van der Waals surface area contributed by atoms with E-state index in [-0.39, 0.29) is 15.4 Å². The number of aromatic nitrogens is 1. The first-order valence-corrected chi connectivity index (χ1v) is 6.36. The summed E-state index contributed by atoms with van der Waals surface area (Å²) in [6.07, 6.45) is 3.32. The lowest BCUT2D eigenvalue weighted by molar-refractivity contribution is -0.117. The molecule has 1 aromatic rings. The Morgan fingerprint density at radius 3 is 2.75 bits per heavy atom. The Balaban J connectivity index is 2.57. The Labute approximate surface area is 107 Å². The average Bonchev–Trinajstić information content (AvgIpc) is 2.35. The van der Waals surface area contributed by atoms with Crippen LogP contribution in [0.4, 0.5) is 5.69 Å². The zero-order valence-electron chi connectivity index (χ0n) is 9.24. The minimum Gasteiger partial charge on any atom is -0.316 e. The maximum absolute atomic E-state index is 11.9. The van der Waals surface area contributed by atoms with Crippen molar-refractivity contribution in [1.29, 1.82) is 0 Å². The zero-order chi connectivity index (χ0) is 11.9. The first-order valence-electron chi connectivity index (χ1n) is 5.12. The first kappa shape index (κ1) is 11.6. The Bertz CT molecular complexity index is 495. The van der Waals surface area contributed by atoms with Crippen molar-refractivity contribution in [1.82, 2.24) is 4.57 Å². The number of anilines is 1. The summed E-state index contributed by atoms with van der Waals surface area (Å²) in [6, 6.07) is 1.63. The van der Waals surface area contributed by atoms with Crippen LogP contribution in [0.2, 0.25) is 0 Å². The molecule has 1 aliphatic rings. The molecular weight excluding hydrogens is 319 g/mol. The summed E-state index contributed by atoms with van der Waals surface area (Å²) in [5.74, 6) is 0.109. The van der Waals surface area contributed by atoms with E-state index in [1.807, 2.05) is 0 Å². The smallest absolute Gasteiger partial charge is 0.250 e. The van der Waals surface area contributed by atoms with Gasteiger partial charge in [0, 0.05) is 26.4 Å². The lowest BCUT2D eigenvalue weighted by atomic mass is 10.1. The highest BCUT2D eigenvalue weighted by atomic mass is 127. The Hall–Kier alpha value is -0.850. The third-order valence-corrected chi connectivity index (χ3v) is 4.07. The number of alkyl halides is 1. The number of fused-ring (bicyclic) bond motifs is 1. The number of pyridine rings is 1. The van der Waals surface area contributed by atoms with Crippen LogP contribution in [0, 0.1) is 0 Å². The molecule has 0 bridgehead atoms. The van der Waals surface area contributed by atoms with Gasteiger partial charge in [-0.1, -0.05) is 22.6 Å². The number of aryl methyl sites for hydroxylation is 2. The van der Waals surface area contributed by atoms with E-state index in [1.54, 1.807) is 31.3 Å². The minimum absolute atomic E-state index is 0.00425. The Morgan fingerprint density at radius 1 is 1.38 bits per heavy atom. The van der Waals surface area contributed by atoms with E-state index in [2.05, 4.69) is 22.6 Å². The fraction of sp³-hybridized carbons (Fsp3) is 0.455. The van der Waals surface area contributed by atoms with Crippen molar-refractivity contribution in [2.45, 2.75) is 16.8 Å². The maximum Gasteiger partial charge on any atom is 0.250 e. The summed E-state index contributed by atoms with van der Waals surface area (Å²) in [5.41, 5.74) is 1.80. The minimum atomic E-state index is -0.0218. The predicted molar refractivity (Wildman–Crippen MR) is 71.2 cm³/mol. The van der Waals surface area contributed by atoms with Crippen LogP contribution in [-0.2, 0) is 18.3 Å². The number of amides is 1. The number of nitrogens with zero attached hydrogens (tertiary/aromatic N) is 2. The normalized spacial score (nSPS) is 20.6. The second-order valence-electron chi connectivity index (χ2n) is 4.04. The monoisotopic (exact) mass is 332 g/mol. The van der Waals surface area contributed by atoms with E-state index in [9.17, 15) is 9.59 Å². The number of carbonyl (C=O) groups is 1. The van der Waals surface area contributed by atoms with Crippen LogP contribution in [0.25, 0.3) is 0 Å². The molecule has 0 spiro atoms. The number of halogens is 1. The van der Waals surface area contributed by atoms with Gasteiger partial charge < -0.3 is 9.47 Å². The van der Waals surface area contributed by atoms with Crippen LogP contribution >= 0.6 is 22.6 Å². The lowest BCUT2D eigenvalue weighted by Crippen LogP contribution is -2.32. The highest BCUT2D eigenvalue weighted by Crippen LogP contribution is 2.27. The lowest BCUT2D eigenvalue weighted by Gasteiger charge is -2.19. The van der Waals surface area contributed by atoms with Crippen LogP contribution < -0.4 is 10.5 Å². The van der Waals surface area contributed by atoms with Crippen LogP contribution in [0.3, 0.4) is 0 Å². The number of carbonyl (C=O) groups excluding carboxylic acids is 1. The van der Waals surface area contributed by atoms with Gasteiger partial charge in [-0.25, -0.2) is 0 Å². The standard InChI is InChI=1S/C11H13IN2O2/c1-13-6-9-7(5-10(13)15)3-4-8(12)11(16)14(9)2/h5-6,8H,3-4H2,1-2H3. The molecular formula is C11H13IN2O2. The fourth-order valence-electron chi connectivity index (χ4n) is 1.89. The van der Waals surface area contributed by atoms with Gasteiger partial charge in [0.05, 0.1) is 9.61 Å². The molecule has 2 heterocycles. The van der Waals surface area contributed by atoms with Gasteiger partial charge in [0.2, 0.25) is 5.91 Å². The number of rotatable bonds is 0. The van der Waals surface area contributed by atoms with Crippen LogP contribution in [0.15, 0.2) is 17.1 Å². The molecule has 0 radical (unpaired) electrons. The molecule has 0 N–H and O–H groups in total. The fourth-order valence-corrected chi connectivity index (χ4v) is 2.62. The highest BCUT2D eigenvalue weighted by Gasteiger charge is 2.26. The second-order valence-corrected chi connectivity index (χ2v) is 5.54. The molecule has 0 saturated heterocycles. The predicted octanol–water partition coefficient (Wildman–Crippen LogP) is 1.10. The van der Waals surface area contributed by atoms with Gasteiger partial charge in [0.25, 0.3) is 5.56 Å². The van der Waals surface area contributed by atoms with Crippen molar-refractivity contribution >= 4 is 34.2 Å². The second kappa shape index (κ2) is 4.20. The van der Waals surface area contributed by atoms with Gasteiger partial charge in [0.15, 0.2) is 0 Å². The van der Waals surface area contributed by atoms with Crippen LogP contribution in [-0.4, -0.2) is 21.4 Å². The van der Waals surface area contributed by atoms with E-state index < -0.39 is 0 Å². The average molecular weight is 332 g/mol. The SMILES string of the molecule is CN1C(=O)C(I)CCc2cc(=O)n(C)cc21. The van der Waals surface area contributed by atoms with Crippen molar-refractivity contribution in [3.8, 4) is 0 Å². The van der Waals surface area contributed by atoms with Crippen molar-refractivity contribution < 1.29 is 4.79 Å². The Morgan fingerprint density at radius 2 is 2.06 bits per heavy atom. The van der Waals surface area contributed by atoms with Gasteiger partial charge in [-0.15, -0.1) is 0 Å². The van der Waals surface area contributed by atoms with Crippen LogP contribution in [0.1, 0.15) is 12.0 Å². The molecule has 0 fully saturated rings. The van der Waals surface area contributed by atoms with Crippen molar-refractivity contribution in [2.24, 2.45) is 7.05 Å². The third kappa shape index (κ3) is 1.88. The summed E-state index contributed by atoms with van der Waals surface area (Å²) in [5, 5.41) is 0. The van der Waals surface area contributed by atoms with Gasteiger partial charge >= 0.3 is 0 Å². The molecule has 1 amide bonds. The van der Waals surface area contributed by atoms with E-state index >= 15 is 0 Å². The van der Waals surface area contributed by atoms with Gasteiger partial charge in [-0.2, -0.15) is 0 Å². The van der Waals surface area contributed by atoms with Crippen LogP contribution in [0.5, 0.6) is 0 Å². The first-order chi connectivity index (χ1) is 7.50. The zero-order valence-corrected chi connectivity index (χ0v) is 11.4. The summed E-state index contributed by atoms with van der Waals surface area (Å²) in [6.45, 7) is 0. The number of hydrogen-bond donors (Lipinski definition) is 0. The van der Waals surface area contributed by atoms with E-state index in [4.69, 9.17) is 0 Å². The molecule has 2 rings (SSSR count). The topological polar surface area (TPSA) is 42.3 Å². The highest BCUT2D eigenvalue weighted by molar-refractivity contribution is 14.1. The summed E-state index contributed by atoms with van der Waals surface area (Å²) in [4.78, 5) is 25.1. The summed E-state index contributed by atoms with van der Waals surface area (Å²) >= 11 is 2.16. The largest absolute Gasteiger partial charge is 0.316 e. The summed E-state index contributed by atoms with van der Waals surface area (Å²) < 4.78 is 1.51. The van der Waals surface area contributed by atoms with Crippen molar-refractivity contribution in [3.05, 3.63) is 28.2 Å². The van der Waals surface area contributed by atoms with E-state index in [1.165, 1.54) is 4.57 Å². The Kier molecular flexibility index (Phi) is 3.05. The molecule has 0 aromatic carbocycles. The van der Waals surface area contributed by atoms with E-state index in [0.29, 0.717) is 0 Å². The molecule has 16 heavy (non-hydrogen) atoms. The third-order valence-electron chi connectivity index (χ3n) is 2.92. The molecule has 1 aromatic heterocycles. The quantitative estimate of drug-likeness (QED) is 0.527. The molecule has 1 unspecified atom stereocenters. The molecule has 86 valence electrons. The summed E-state index contributed by atoms with van der Waals surface area (Å²) in [7, 11) is 3.47. The number of hydrogen-bond acceptors (Lipinski definition) is 2. The molecule has 1 aliphatic heterocycles. The van der Waals surface area contributed by atoms with Gasteiger partial charge in [-0.3, -0.25) is 9.59 Å². The maximum atomic E-state index is 11.9. The van der Waals surface area contributed by atoms with Crippen molar-refractivity contribution in [2.75, 3.05) is 11.9 Å². The van der Waals surface area contributed by atoms with Gasteiger partial charge in [0.1, 0.15) is 0 Å².